The number of phenolic OH excluding ortho intramolecular Hbond substituents is 2. The quantitative estimate of drug-likeness (QED) is 0.387. The van der Waals surface area contributed by atoms with Gasteiger partial charge in [0.1, 0.15) is 11.5 Å². The van der Waals surface area contributed by atoms with Crippen LogP contribution >= 0.6 is 15.9 Å². The van der Waals surface area contributed by atoms with Crippen LogP contribution in [0.3, 0.4) is 0 Å². The molecular formula is C14H12BrN3O3. The van der Waals surface area contributed by atoms with E-state index in [9.17, 15) is 15.0 Å². The lowest BCUT2D eigenvalue weighted by Gasteiger charge is -2.04. The van der Waals surface area contributed by atoms with Crippen LogP contribution in [0, 0.1) is 0 Å². The minimum absolute atomic E-state index is 0.0919. The molecule has 0 spiro atoms. The van der Waals surface area contributed by atoms with Crippen molar-refractivity contribution in [3.63, 3.8) is 0 Å². The average molecular weight is 350 g/mol. The number of carbonyl (C=O) groups is 1. The average Bonchev–Trinajstić information content (AvgIpc) is 2.44. The third kappa shape index (κ3) is 3.51. The number of para-hydroxylation sites is 1. The minimum atomic E-state index is -0.457. The van der Waals surface area contributed by atoms with Crippen molar-refractivity contribution in [1.82, 2.24) is 5.43 Å². The molecule has 1 amide bonds. The Hall–Kier alpha value is -2.54. The van der Waals surface area contributed by atoms with Crippen molar-refractivity contribution in [1.29, 1.82) is 0 Å². The third-order valence-corrected chi connectivity index (χ3v) is 3.31. The molecule has 0 saturated carbocycles. The second-order valence-electron chi connectivity index (χ2n) is 4.15. The monoisotopic (exact) mass is 349 g/mol. The summed E-state index contributed by atoms with van der Waals surface area (Å²) in [7, 11) is 0. The molecule has 2 rings (SSSR count). The summed E-state index contributed by atoms with van der Waals surface area (Å²) in [6.07, 6.45) is 1.26. The molecule has 0 aliphatic carbocycles. The Labute approximate surface area is 129 Å². The largest absolute Gasteiger partial charge is 0.507 e. The number of nitrogens with two attached hydrogens (primary N) is 1. The molecule has 0 atom stereocenters. The summed E-state index contributed by atoms with van der Waals surface area (Å²) in [6.45, 7) is 0. The molecule has 21 heavy (non-hydrogen) atoms. The summed E-state index contributed by atoms with van der Waals surface area (Å²) in [5.74, 6) is -0.708. The van der Waals surface area contributed by atoms with Crippen molar-refractivity contribution in [2.75, 3.05) is 5.73 Å². The van der Waals surface area contributed by atoms with Crippen molar-refractivity contribution in [3.05, 3.63) is 52.0 Å². The fourth-order valence-corrected chi connectivity index (χ4v) is 1.96. The predicted octanol–water partition coefficient (Wildman–Crippen LogP) is 2.21. The Morgan fingerprint density at radius 2 is 1.95 bits per heavy atom. The number of aromatic hydroxyl groups is 2. The summed E-state index contributed by atoms with van der Waals surface area (Å²) in [5, 5.41) is 22.8. The summed E-state index contributed by atoms with van der Waals surface area (Å²) in [6, 6.07) is 9.25. The van der Waals surface area contributed by atoms with Gasteiger partial charge in [-0.25, -0.2) is 5.43 Å². The summed E-state index contributed by atoms with van der Waals surface area (Å²) in [4.78, 5) is 11.8. The maximum absolute atomic E-state index is 11.8. The lowest BCUT2D eigenvalue weighted by molar-refractivity contribution is 0.0956. The highest BCUT2D eigenvalue weighted by atomic mass is 79.9. The van der Waals surface area contributed by atoms with E-state index in [1.54, 1.807) is 24.3 Å². The zero-order valence-corrected chi connectivity index (χ0v) is 12.3. The Bertz CT molecular complexity index is 717. The van der Waals surface area contributed by atoms with Crippen LogP contribution in [0.5, 0.6) is 11.5 Å². The van der Waals surface area contributed by atoms with E-state index in [0.717, 1.165) is 0 Å². The van der Waals surface area contributed by atoms with Crippen LogP contribution in [0.25, 0.3) is 0 Å². The van der Waals surface area contributed by atoms with Crippen LogP contribution in [0.4, 0.5) is 5.69 Å². The van der Waals surface area contributed by atoms with E-state index in [4.69, 9.17) is 5.73 Å². The van der Waals surface area contributed by atoms with E-state index >= 15 is 0 Å². The van der Waals surface area contributed by atoms with E-state index in [2.05, 4.69) is 26.5 Å². The molecule has 6 nitrogen and oxygen atoms in total. The zero-order valence-electron chi connectivity index (χ0n) is 10.7. The van der Waals surface area contributed by atoms with Crippen molar-refractivity contribution in [2.24, 2.45) is 5.10 Å². The predicted molar refractivity (Wildman–Crippen MR) is 83.4 cm³/mol. The molecule has 7 heteroatoms. The summed E-state index contributed by atoms with van der Waals surface area (Å²) < 4.78 is 0.403. The third-order valence-electron chi connectivity index (χ3n) is 2.67. The van der Waals surface area contributed by atoms with E-state index in [1.807, 2.05) is 0 Å². The zero-order chi connectivity index (χ0) is 15.4. The van der Waals surface area contributed by atoms with Gasteiger partial charge in [-0.05, 0) is 34.1 Å². The van der Waals surface area contributed by atoms with E-state index in [-0.39, 0.29) is 11.5 Å². The number of nitrogens with zero attached hydrogens (tertiary/aromatic N) is 1. The first kappa shape index (κ1) is 14.9. The molecule has 2 aromatic rings. The highest BCUT2D eigenvalue weighted by Crippen LogP contribution is 2.30. The molecule has 2 aromatic carbocycles. The number of hydrogen-bond acceptors (Lipinski definition) is 5. The smallest absolute Gasteiger partial charge is 0.273 e. The van der Waals surface area contributed by atoms with Gasteiger partial charge in [-0.3, -0.25) is 4.79 Å². The highest BCUT2D eigenvalue weighted by Gasteiger charge is 2.08. The minimum Gasteiger partial charge on any atom is -0.507 e. The van der Waals surface area contributed by atoms with Gasteiger partial charge < -0.3 is 15.9 Å². The molecule has 0 heterocycles. The fraction of sp³-hybridized carbons (Fsp3) is 0. The number of phenols is 2. The van der Waals surface area contributed by atoms with Crippen LogP contribution in [-0.4, -0.2) is 22.3 Å². The number of rotatable bonds is 3. The van der Waals surface area contributed by atoms with Gasteiger partial charge in [0.15, 0.2) is 0 Å². The number of halogens is 1. The summed E-state index contributed by atoms with van der Waals surface area (Å²) in [5.41, 5.74) is 8.98. The van der Waals surface area contributed by atoms with Crippen LogP contribution in [0.1, 0.15) is 15.9 Å². The number of amides is 1. The first-order valence-corrected chi connectivity index (χ1v) is 6.67. The normalized spacial score (nSPS) is 10.7. The Balaban J connectivity index is 2.11. The number of carbonyl (C=O) groups excluding carboxylic acids is 1. The van der Waals surface area contributed by atoms with Gasteiger partial charge in [0.05, 0.1) is 16.3 Å². The number of nitrogens with one attached hydrogen (secondary N) is 1. The topological polar surface area (TPSA) is 108 Å². The highest BCUT2D eigenvalue weighted by molar-refractivity contribution is 9.10. The van der Waals surface area contributed by atoms with Crippen LogP contribution in [-0.2, 0) is 0 Å². The van der Waals surface area contributed by atoms with Gasteiger partial charge in [0.2, 0.25) is 0 Å². The van der Waals surface area contributed by atoms with E-state index in [1.165, 1.54) is 18.3 Å². The Kier molecular flexibility index (Phi) is 4.44. The summed E-state index contributed by atoms with van der Waals surface area (Å²) >= 11 is 3.12. The molecule has 0 fully saturated rings. The molecular weight excluding hydrogens is 338 g/mol. The Morgan fingerprint density at radius 1 is 1.24 bits per heavy atom. The molecule has 0 bridgehead atoms. The van der Waals surface area contributed by atoms with Gasteiger partial charge >= 0.3 is 0 Å². The molecule has 0 aliphatic rings. The van der Waals surface area contributed by atoms with Gasteiger partial charge in [0.25, 0.3) is 5.91 Å². The van der Waals surface area contributed by atoms with Crippen LogP contribution in [0.15, 0.2) is 46.0 Å². The number of hydrazone groups is 1. The van der Waals surface area contributed by atoms with Crippen LogP contribution < -0.4 is 11.2 Å². The fourth-order valence-electron chi connectivity index (χ4n) is 1.59. The maximum Gasteiger partial charge on any atom is 0.273 e. The number of hydrogen-bond donors (Lipinski definition) is 4. The van der Waals surface area contributed by atoms with Crippen LogP contribution in [0.2, 0.25) is 0 Å². The van der Waals surface area contributed by atoms with Gasteiger partial charge in [-0.15, -0.1) is 0 Å². The van der Waals surface area contributed by atoms with Crippen molar-refractivity contribution in [3.8, 4) is 11.5 Å². The standard InChI is InChI=1S/C14H12BrN3O3/c15-10-5-8(12(19)6-13(10)20)7-17-18-14(21)9-3-1-2-4-11(9)16/h1-7,19-20H,16H2,(H,18,21). The first-order valence-electron chi connectivity index (χ1n) is 5.88. The molecule has 0 aliphatic heterocycles. The Morgan fingerprint density at radius 3 is 2.67 bits per heavy atom. The SMILES string of the molecule is Nc1ccccc1C(=O)NN=Cc1cc(Br)c(O)cc1O. The lowest BCUT2D eigenvalue weighted by Crippen LogP contribution is -2.19. The number of anilines is 1. The second-order valence-corrected chi connectivity index (χ2v) is 5.00. The molecule has 0 radical (unpaired) electrons. The molecule has 0 aromatic heterocycles. The first-order chi connectivity index (χ1) is 9.99. The molecule has 0 saturated heterocycles. The van der Waals surface area contributed by atoms with Gasteiger partial charge in [-0.2, -0.15) is 5.10 Å². The van der Waals surface area contributed by atoms with Gasteiger partial charge in [-0.1, -0.05) is 12.1 Å². The molecule has 5 N–H and O–H groups in total. The lowest BCUT2D eigenvalue weighted by atomic mass is 10.2. The van der Waals surface area contributed by atoms with Gasteiger partial charge in [0, 0.05) is 17.3 Å². The molecule has 108 valence electrons. The van der Waals surface area contributed by atoms with Crippen molar-refractivity contribution in [2.45, 2.75) is 0 Å². The maximum atomic E-state index is 11.8. The van der Waals surface area contributed by atoms with E-state index in [0.29, 0.717) is 21.3 Å². The number of nitrogen functional groups attached to an aromatic ring is 1. The molecule has 0 unspecified atom stereocenters. The number of benzene rings is 2. The van der Waals surface area contributed by atoms with Crippen molar-refractivity contribution >= 4 is 33.7 Å². The second kappa shape index (κ2) is 6.27. The van der Waals surface area contributed by atoms with E-state index < -0.39 is 5.91 Å². The van der Waals surface area contributed by atoms with Crippen molar-refractivity contribution < 1.29 is 15.0 Å².